The number of furan rings is 1. The minimum Gasteiger partial charge on any atom is -0.478 e. The predicted molar refractivity (Wildman–Crippen MR) is 70.7 cm³/mol. The molecule has 0 fully saturated rings. The molecule has 0 aliphatic heterocycles. The number of aromatic nitrogens is 2. The number of halogens is 1. The van der Waals surface area contributed by atoms with Crippen LogP contribution in [0.5, 0.6) is 0 Å². The van der Waals surface area contributed by atoms with Gasteiger partial charge in [0.1, 0.15) is 12.0 Å². The van der Waals surface area contributed by atoms with Crippen molar-refractivity contribution in [2.24, 2.45) is 0 Å². The van der Waals surface area contributed by atoms with Crippen LogP contribution in [0.4, 0.5) is 0 Å². The van der Waals surface area contributed by atoms with Crippen LogP contribution in [0.2, 0.25) is 0 Å². The van der Waals surface area contributed by atoms with E-state index in [1.165, 1.54) is 17.0 Å². The lowest BCUT2D eigenvalue weighted by Gasteiger charge is -2.04. The SMILES string of the molecule is Cc1ncn(Cc2cc(C(=O)O)co2)c(=O)c1I. The predicted octanol–water partition coefficient (Wildman–Crippen LogP) is 1.50. The van der Waals surface area contributed by atoms with Gasteiger partial charge in [0.05, 0.1) is 27.7 Å². The maximum atomic E-state index is 11.9. The van der Waals surface area contributed by atoms with Crippen molar-refractivity contribution in [3.63, 3.8) is 0 Å². The molecule has 0 saturated heterocycles. The molecule has 0 unspecified atom stereocenters. The third kappa shape index (κ3) is 2.45. The van der Waals surface area contributed by atoms with Crippen molar-refractivity contribution in [2.75, 3.05) is 0 Å². The lowest BCUT2D eigenvalue weighted by Crippen LogP contribution is -2.24. The van der Waals surface area contributed by atoms with E-state index in [2.05, 4.69) is 4.98 Å². The fraction of sp³-hybridized carbons (Fsp3) is 0.182. The summed E-state index contributed by atoms with van der Waals surface area (Å²) in [5.74, 6) is -0.662. The summed E-state index contributed by atoms with van der Waals surface area (Å²) in [7, 11) is 0. The highest BCUT2D eigenvalue weighted by Gasteiger charge is 2.11. The van der Waals surface area contributed by atoms with E-state index in [0.717, 1.165) is 6.26 Å². The molecule has 2 aromatic rings. The van der Waals surface area contributed by atoms with Gasteiger partial charge in [0.25, 0.3) is 5.56 Å². The van der Waals surface area contributed by atoms with Gasteiger partial charge in [-0.15, -0.1) is 0 Å². The second kappa shape index (κ2) is 4.92. The highest BCUT2D eigenvalue weighted by Crippen LogP contribution is 2.09. The molecule has 0 aliphatic carbocycles. The third-order valence-corrected chi connectivity index (χ3v) is 3.63. The Morgan fingerprint density at radius 1 is 1.61 bits per heavy atom. The van der Waals surface area contributed by atoms with Crippen molar-refractivity contribution < 1.29 is 14.3 Å². The largest absolute Gasteiger partial charge is 0.478 e. The smallest absolute Gasteiger partial charge is 0.338 e. The topological polar surface area (TPSA) is 85.3 Å². The number of rotatable bonds is 3. The van der Waals surface area contributed by atoms with Gasteiger partial charge in [-0.25, -0.2) is 9.78 Å². The van der Waals surface area contributed by atoms with Gasteiger partial charge in [0, 0.05) is 0 Å². The van der Waals surface area contributed by atoms with Crippen LogP contribution in [-0.2, 0) is 6.54 Å². The number of carbonyl (C=O) groups is 1. The van der Waals surface area contributed by atoms with Crippen LogP contribution in [0.3, 0.4) is 0 Å². The molecule has 0 amide bonds. The van der Waals surface area contributed by atoms with Crippen molar-refractivity contribution in [2.45, 2.75) is 13.5 Å². The Balaban J connectivity index is 2.31. The molecule has 94 valence electrons. The summed E-state index contributed by atoms with van der Waals surface area (Å²) >= 11 is 1.93. The van der Waals surface area contributed by atoms with Gasteiger partial charge in [-0.1, -0.05) is 0 Å². The molecule has 0 saturated carbocycles. The maximum absolute atomic E-state index is 11.9. The van der Waals surface area contributed by atoms with Crippen molar-refractivity contribution in [1.29, 1.82) is 0 Å². The van der Waals surface area contributed by atoms with E-state index < -0.39 is 5.97 Å². The standard InChI is InChI=1S/C11H9IN2O4/c1-6-9(12)10(15)14(5-13-6)3-8-2-7(4-18-8)11(16)17/h2,4-5H,3H2,1H3,(H,16,17). The highest BCUT2D eigenvalue weighted by atomic mass is 127. The molecule has 0 aliphatic rings. The van der Waals surface area contributed by atoms with E-state index in [1.807, 2.05) is 22.6 Å². The second-order valence-electron chi connectivity index (χ2n) is 3.68. The first-order valence-electron chi connectivity index (χ1n) is 5.01. The van der Waals surface area contributed by atoms with Crippen LogP contribution in [0.1, 0.15) is 21.8 Å². The summed E-state index contributed by atoms with van der Waals surface area (Å²) in [6, 6.07) is 1.39. The molecule has 18 heavy (non-hydrogen) atoms. The molecule has 2 rings (SSSR count). The Morgan fingerprint density at radius 2 is 2.33 bits per heavy atom. The summed E-state index contributed by atoms with van der Waals surface area (Å²) < 4.78 is 7.00. The van der Waals surface area contributed by atoms with Crippen LogP contribution in [0, 0.1) is 10.5 Å². The van der Waals surface area contributed by atoms with E-state index in [-0.39, 0.29) is 17.7 Å². The molecule has 0 radical (unpaired) electrons. The molecule has 0 spiro atoms. The van der Waals surface area contributed by atoms with E-state index in [9.17, 15) is 9.59 Å². The fourth-order valence-electron chi connectivity index (χ4n) is 1.40. The van der Waals surface area contributed by atoms with Crippen LogP contribution < -0.4 is 5.56 Å². The van der Waals surface area contributed by atoms with Gasteiger partial charge in [-0.2, -0.15) is 0 Å². The summed E-state index contributed by atoms with van der Waals surface area (Å²) in [6.45, 7) is 1.92. The van der Waals surface area contributed by atoms with E-state index in [0.29, 0.717) is 15.0 Å². The van der Waals surface area contributed by atoms with Crippen LogP contribution in [0.15, 0.2) is 27.9 Å². The van der Waals surface area contributed by atoms with Crippen molar-refractivity contribution in [3.05, 3.63) is 49.6 Å². The minimum atomic E-state index is -1.06. The van der Waals surface area contributed by atoms with Gasteiger partial charge in [-0.05, 0) is 35.6 Å². The first-order valence-corrected chi connectivity index (χ1v) is 6.09. The molecule has 2 aromatic heterocycles. The molecule has 2 heterocycles. The zero-order valence-electron chi connectivity index (χ0n) is 9.38. The van der Waals surface area contributed by atoms with Crippen molar-refractivity contribution in [1.82, 2.24) is 9.55 Å². The minimum absolute atomic E-state index is 0.0628. The molecule has 7 heteroatoms. The molecule has 0 atom stereocenters. The summed E-state index contributed by atoms with van der Waals surface area (Å²) in [4.78, 5) is 26.7. The van der Waals surface area contributed by atoms with Gasteiger partial charge in [0.15, 0.2) is 0 Å². The highest BCUT2D eigenvalue weighted by molar-refractivity contribution is 14.1. The monoisotopic (exact) mass is 360 g/mol. The van der Waals surface area contributed by atoms with Crippen LogP contribution >= 0.6 is 22.6 Å². The Morgan fingerprint density at radius 3 is 2.94 bits per heavy atom. The molecule has 6 nitrogen and oxygen atoms in total. The van der Waals surface area contributed by atoms with Crippen molar-refractivity contribution >= 4 is 28.6 Å². The Labute approximate surface area is 115 Å². The first kappa shape index (κ1) is 12.8. The number of nitrogens with zero attached hydrogens (tertiary/aromatic N) is 2. The van der Waals surface area contributed by atoms with Crippen LogP contribution in [0.25, 0.3) is 0 Å². The average molecular weight is 360 g/mol. The van der Waals surface area contributed by atoms with E-state index >= 15 is 0 Å². The zero-order valence-corrected chi connectivity index (χ0v) is 11.5. The summed E-state index contributed by atoms with van der Waals surface area (Å²) in [5, 5.41) is 8.76. The number of carboxylic acids is 1. The van der Waals surface area contributed by atoms with E-state index in [4.69, 9.17) is 9.52 Å². The molecule has 0 bridgehead atoms. The molecular weight excluding hydrogens is 351 g/mol. The second-order valence-corrected chi connectivity index (χ2v) is 4.76. The number of aryl methyl sites for hydroxylation is 1. The van der Waals surface area contributed by atoms with Crippen LogP contribution in [-0.4, -0.2) is 20.6 Å². The van der Waals surface area contributed by atoms with Crippen molar-refractivity contribution in [3.8, 4) is 0 Å². The third-order valence-electron chi connectivity index (χ3n) is 2.38. The molecular formula is C11H9IN2O4. The Bertz CT molecular complexity index is 659. The van der Waals surface area contributed by atoms with Gasteiger partial charge in [-0.3, -0.25) is 9.36 Å². The Hall–Kier alpha value is -1.64. The molecule has 0 aromatic carbocycles. The number of hydrogen-bond donors (Lipinski definition) is 1. The summed E-state index contributed by atoms with van der Waals surface area (Å²) in [5.41, 5.74) is 0.562. The number of aromatic carboxylic acids is 1. The maximum Gasteiger partial charge on any atom is 0.338 e. The van der Waals surface area contributed by atoms with Gasteiger partial charge < -0.3 is 9.52 Å². The number of hydrogen-bond acceptors (Lipinski definition) is 4. The zero-order chi connectivity index (χ0) is 13.3. The van der Waals surface area contributed by atoms with E-state index in [1.54, 1.807) is 6.92 Å². The molecule has 1 N–H and O–H groups in total. The van der Waals surface area contributed by atoms with Gasteiger partial charge >= 0.3 is 5.97 Å². The van der Waals surface area contributed by atoms with Gasteiger partial charge in [0.2, 0.25) is 0 Å². The summed E-state index contributed by atoms with van der Waals surface area (Å²) in [6.07, 6.45) is 2.57. The quantitative estimate of drug-likeness (QED) is 0.839. The lowest BCUT2D eigenvalue weighted by molar-refractivity contribution is 0.0696. The number of carboxylic acid groups (broad SMARTS) is 1. The fourth-order valence-corrected chi connectivity index (χ4v) is 1.85. The lowest BCUT2D eigenvalue weighted by atomic mass is 10.3. The Kier molecular flexibility index (Phi) is 3.50. The first-order chi connectivity index (χ1) is 8.49. The average Bonchev–Trinajstić information content (AvgIpc) is 2.79. The normalized spacial score (nSPS) is 10.6.